The Balaban J connectivity index is 1.43. The number of carbonyl (C=O) groups is 1. The first-order valence-corrected chi connectivity index (χ1v) is 10.4. The van der Waals surface area contributed by atoms with E-state index in [1.54, 1.807) is 0 Å². The van der Waals surface area contributed by atoms with Crippen LogP contribution in [0.1, 0.15) is 33.9 Å². The summed E-state index contributed by atoms with van der Waals surface area (Å²) in [6, 6.07) is 17.2. The molecule has 150 valence electrons. The summed E-state index contributed by atoms with van der Waals surface area (Å²) < 4.78 is 1.88. The van der Waals surface area contributed by atoms with Crippen LogP contribution in [-0.4, -0.2) is 25.7 Å². The topological polar surface area (TPSA) is 95.6 Å². The first-order chi connectivity index (χ1) is 14.5. The van der Waals surface area contributed by atoms with E-state index in [2.05, 4.69) is 20.4 Å². The molecule has 1 unspecified atom stereocenters. The lowest BCUT2D eigenvalue weighted by molar-refractivity contribution is 0.0944. The quantitative estimate of drug-likeness (QED) is 0.412. The lowest BCUT2D eigenvalue weighted by Gasteiger charge is -2.13. The van der Waals surface area contributed by atoms with E-state index in [0.29, 0.717) is 4.88 Å². The molecule has 0 saturated carbocycles. The molecule has 5 aromatic rings. The van der Waals surface area contributed by atoms with Gasteiger partial charge in [-0.15, -0.1) is 11.3 Å². The van der Waals surface area contributed by atoms with Crippen LogP contribution in [0.25, 0.3) is 26.9 Å². The molecule has 0 aliphatic heterocycles. The molecule has 0 aliphatic rings. The molecule has 3 N–H and O–H groups in total. The van der Waals surface area contributed by atoms with Crippen LogP contribution in [0.4, 0.5) is 0 Å². The van der Waals surface area contributed by atoms with Gasteiger partial charge in [-0.25, -0.2) is 9.48 Å². The zero-order valence-electron chi connectivity index (χ0n) is 16.4. The molecule has 0 spiro atoms. The smallest absolute Gasteiger partial charge is 0.323 e. The van der Waals surface area contributed by atoms with Gasteiger partial charge in [0.1, 0.15) is 4.83 Å². The maximum Gasteiger partial charge on any atom is 0.323 e. The highest BCUT2D eigenvalue weighted by Crippen LogP contribution is 2.30. The van der Waals surface area contributed by atoms with E-state index < -0.39 is 0 Å². The van der Waals surface area contributed by atoms with E-state index >= 15 is 0 Å². The molecule has 0 fully saturated rings. The zero-order valence-corrected chi connectivity index (χ0v) is 17.2. The number of aryl methyl sites for hydroxylation is 1. The monoisotopic (exact) mass is 417 g/mol. The summed E-state index contributed by atoms with van der Waals surface area (Å²) in [5, 5.41) is 8.66. The maximum atomic E-state index is 12.9. The second-order valence-electron chi connectivity index (χ2n) is 7.24. The van der Waals surface area contributed by atoms with Crippen molar-refractivity contribution in [2.45, 2.75) is 19.9 Å². The summed E-state index contributed by atoms with van der Waals surface area (Å²) in [5.41, 5.74) is 3.99. The first kappa shape index (κ1) is 18.4. The number of nitrogens with zero attached hydrogens (tertiary/aromatic N) is 2. The van der Waals surface area contributed by atoms with E-state index in [1.807, 2.05) is 73.1 Å². The number of fused-ring (bicyclic) bond motifs is 2. The van der Waals surface area contributed by atoms with Gasteiger partial charge in [-0.1, -0.05) is 24.3 Å². The Kier molecular flexibility index (Phi) is 4.29. The third-order valence-corrected chi connectivity index (χ3v) is 6.27. The Bertz CT molecular complexity index is 1440. The number of hydrogen-bond donors (Lipinski definition) is 3. The number of rotatable bonds is 4. The van der Waals surface area contributed by atoms with E-state index in [1.165, 1.54) is 11.3 Å². The summed E-state index contributed by atoms with van der Waals surface area (Å²) >= 11 is 1.43. The molecule has 0 saturated heterocycles. The van der Waals surface area contributed by atoms with Gasteiger partial charge in [-0.3, -0.25) is 4.79 Å². The number of carbonyl (C=O) groups excluding carboxylic acids is 1. The molecule has 30 heavy (non-hydrogen) atoms. The van der Waals surface area contributed by atoms with Crippen molar-refractivity contribution in [2.75, 3.05) is 0 Å². The Hall–Kier alpha value is -3.65. The van der Waals surface area contributed by atoms with Crippen LogP contribution in [0.2, 0.25) is 0 Å². The van der Waals surface area contributed by atoms with Crippen molar-refractivity contribution in [3.05, 3.63) is 81.2 Å². The number of nitrogens with one attached hydrogen (secondary N) is 3. The Morgan fingerprint density at radius 1 is 1.10 bits per heavy atom. The second-order valence-corrected chi connectivity index (χ2v) is 8.27. The van der Waals surface area contributed by atoms with Crippen molar-refractivity contribution < 1.29 is 4.79 Å². The molecule has 3 heterocycles. The highest BCUT2D eigenvalue weighted by molar-refractivity contribution is 7.20. The highest BCUT2D eigenvalue weighted by Gasteiger charge is 2.19. The molecular weight excluding hydrogens is 398 g/mol. The van der Waals surface area contributed by atoms with Crippen LogP contribution in [0.3, 0.4) is 0 Å². The van der Waals surface area contributed by atoms with Gasteiger partial charge in [-0.2, -0.15) is 5.10 Å². The molecule has 0 radical (unpaired) electrons. The lowest BCUT2D eigenvalue weighted by atomic mass is 10.1. The number of imidazole rings is 1. The SMILES string of the molecule is Cc1nn(-c2ccccc2)c2sc(C(=O)NC(C)c3ccc4[nH]c(=O)[nH]c4c3)cc12. The Labute approximate surface area is 175 Å². The lowest BCUT2D eigenvalue weighted by Crippen LogP contribution is -2.25. The summed E-state index contributed by atoms with van der Waals surface area (Å²) in [6.45, 7) is 3.87. The largest absolute Gasteiger partial charge is 0.345 e. The number of para-hydroxylation sites is 1. The van der Waals surface area contributed by atoms with E-state index in [4.69, 9.17) is 0 Å². The molecule has 5 rings (SSSR count). The van der Waals surface area contributed by atoms with Gasteiger partial charge in [-0.05, 0) is 49.7 Å². The average Bonchev–Trinajstić information content (AvgIpc) is 3.41. The van der Waals surface area contributed by atoms with Gasteiger partial charge in [0.2, 0.25) is 0 Å². The molecule has 8 heteroatoms. The van der Waals surface area contributed by atoms with Gasteiger partial charge in [0.25, 0.3) is 5.91 Å². The number of amides is 1. The summed E-state index contributed by atoms with van der Waals surface area (Å²) in [7, 11) is 0. The van der Waals surface area contributed by atoms with Crippen LogP contribution >= 0.6 is 11.3 Å². The molecule has 0 bridgehead atoms. The van der Waals surface area contributed by atoms with Crippen molar-refractivity contribution in [3.63, 3.8) is 0 Å². The predicted molar refractivity (Wildman–Crippen MR) is 118 cm³/mol. The fourth-order valence-corrected chi connectivity index (χ4v) is 4.66. The zero-order chi connectivity index (χ0) is 20.8. The van der Waals surface area contributed by atoms with Crippen molar-refractivity contribution >= 4 is 38.5 Å². The third kappa shape index (κ3) is 3.11. The number of hydrogen-bond acceptors (Lipinski definition) is 4. The van der Waals surface area contributed by atoms with Gasteiger partial charge in [0.05, 0.1) is 33.3 Å². The fourth-order valence-electron chi connectivity index (χ4n) is 3.57. The molecule has 2 aromatic carbocycles. The fraction of sp³-hybridized carbons (Fsp3) is 0.136. The van der Waals surface area contributed by atoms with E-state index in [-0.39, 0.29) is 17.6 Å². The van der Waals surface area contributed by atoms with Crippen molar-refractivity contribution in [3.8, 4) is 5.69 Å². The van der Waals surface area contributed by atoms with Crippen LogP contribution < -0.4 is 11.0 Å². The first-order valence-electron chi connectivity index (χ1n) is 9.57. The number of H-pyrrole nitrogens is 2. The van der Waals surface area contributed by atoms with Crippen LogP contribution in [0, 0.1) is 6.92 Å². The van der Waals surface area contributed by atoms with Crippen molar-refractivity contribution in [1.29, 1.82) is 0 Å². The van der Waals surface area contributed by atoms with Crippen LogP contribution in [0.5, 0.6) is 0 Å². The third-order valence-electron chi connectivity index (χ3n) is 5.16. The molecule has 3 aromatic heterocycles. The van der Waals surface area contributed by atoms with Crippen LogP contribution in [0.15, 0.2) is 59.4 Å². The number of aromatic nitrogens is 4. The maximum absolute atomic E-state index is 12.9. The van der Waals surface area contributed by atoms with Crippen LogP contribution in [-0.2, 0) is 0 Å². The van der Waals surface area contributed by atoms with Gasteiger partial charge < -0.3 is 15.3 Å². The standard InChI is InChI=1S/C22H19N5O2S/c1-12(14-8-9-17-18(10-14)25-22(29)24-17)23-20(28)19-11-16-13(2)26-27(21(16)30-19)15-6-4-3-5-7-15/h3-12H,1-2H3,(H,23,28)(H2,24,25,29). The number of aromatic amines is 2. The molecule has 1 amide bonds. The van der Waals surface area contributed by atoms with Gasteiger partial charge in [0.15, 0.2) is 0 Å². The summed E-state index contributed by atoms with van der Waals surface area (Å²) in [5.74, 6) is -0.134. The minimum absolute atomic E-state index is 0.134. The minimum Gasteiger partial charge on any atom is -0.345 e. The molecule has 0 aliphatic carbocycles. The molecule has 1 atom stereocenters. The minimum atomic E-state index is -0.244. The Morgan fingerprint density at radius 2 is 1.87 bits per heavy atom. The van der Waals surface area contributed by atoms with E-state index in [9.17, 15) is 9.59 Å². The number of benzene rings is 2. The van der Waals surface area contributed by atoms with Crippen molar-refractivity contribution in [1.82, 2.24) is 25.1 Å². The summed E-state index contributed by atoms with van der Waals surface area (Å²) in [6.07, 6.45) is 0. The molecule has 7 nitrogen and oxygen atoms in total. The highest BCUT2D eigenvalue weighted by atomic mass is 32.1. The van der Waals surface area contributed by atoms with E-state index in [0.717, 1.165) is 38.2 Å². The van der Waals surface area contributed by atoms with Gasteiger partial charge in [0, 0.05) is 5.39 Å². The predicted octanol–water partition coefficient (Wildman–Crippen LogP) is 4.06. The normalized spacial score (nSPS) is 12.5. The Morgan fingerprint density at radius 3 is 2.67 bits per heavy atom. The molecular formula is C22H19N5O2S. The van der Waals surface area contributed by atoms with Gasteiger partial charge >= 0.3 is 5.69 Å². The van der Waals surface area contributed by atoms with Crippen molar-refractivity contribution in [2.24, 2.45) is 0 Å². The second kappa shape index (κ2) is 7.00. The summed E-state index contributed by atoms with van der Waals surface area (Å²) in [4.78, 5) is 31.4. The average molecular weight is 417 g/mol. The number of thiophene rings is 1.